The molecule has 0 aliphatic carbocycles. The number of rotatable bonds is 6. The van der Waals surface area contributed by atoms with Crippen LogP contribution in [-0.2, 0) is 4.79 Å². The van der Waals surface area contributed by atoms with Gasteiger partial charge in [-0.05, 0) is 48.0 Å². The van der Waals surface area contributed by atoms with Crippen molar-refractivity contribution in [3.63, 3.8) is 0 Å². The molecule has 4 rings (SSSR count). The number of nitrogens with one attached hydrogen (secondary N) is 1. The molecule has 1 N–H and O–H groups in total. The predicted molar refractivity (Wildman–Crippen MR) is 117 cm³/mol. The molecule has 0 radical (unpaired) electrons. The first kappa shape index (κ1) is 21.5. The summed E-state index contributed by atoms with van der Waals surface area (Å²) in [4.78, 5) is 34.7. The summed E-state index contributed by atoms with van der Waals surface area (Å²) in [5.41, 5.74) is 2.90. The fourth-order valence-electron chi connectivity index (χ4n) is 2.93. The maximum absolute atomic E-state index is 12.2. The van der Waals surface area contributed by atoms with Gasteiger partial charge in [-0.25, -0.2) is 10.2 Å². The van der Waals surface area contributed by atoms with Crippen molar-refractivity contribution in [1.29, 1.82) is 0 Å². The van der Waals surface area contributed by atoms with E-state index in [0.717, 1.165) is 6.07 Å². The number of ether oxygens (including phenoxy) is 3. The van der Waals surface area contributed by atoms with E-state index >= 15 is 0 Å². The minimum Gasteiger partial charge on any atom is -0.485 e. The normalized spacial score (nSPS) is 14.5. The molecule has 0 fully saturated rings. The summed E-state index contributed by atoms with van der Waals surface area (Å²) in [5, 5.41) is 14.7. The highest BCUT2D eigenvalue weighted by molar-refractivity contribution is 5.92. The summed E-state index contributed by atoms with van der Waals surface area (Å²) in [6.45, 7) is 0.0724. The molecule has 1 heterocycles. The lowest BCUT2D eigenvalue weighted by Crippen LogP contribution is -2.42. The average Bonchev–Trinajstić information content (AvgIpc) is 2.84. The van der Waals surface area contributed by atoms with E-state index in [-0.39, 0.29) is 23.6 Å². The topological polar surface area (TPSA) is 129 Å². The van der Waals surface area contributed by atoms with Crippen LogP contribution in [-0.4, -0.2) is 35.7 Å². The van der Waals surface area contributed by atoms with E-state index in [1.807, 2.05) is 6.07 Å². The number of benzene rings is 3. The number of carbonyl (C=O) groups is 2. The van der Waals surface area contributed by atoms with Crippen molar-refractivity contribution in [2.45, 2.75) is 6.10 Å². The number of nitrogens with zero attached hydrogens (tertiary/aromatic N) is 2. The third kappa shape index (κ3) is 5.31. The zero-order valence-electron chi connectivity index (χ0n) is 17.0. The smallest absolute Gasteiger partial charge is 0.343 e. The van der Waals surface area contributed by atoms with Gasteiger partial charge in [-0.2, -0.15) is 5.10 Å². The summed E-state index contributed by atoms with van der Waals surface area (Å²) >= 11 is 0. The van der Waals surface area contributed by atoms with Gasteiger partial charge in [0.25, 0.3) is 11.6 Å². The van der Waals surface area contributed by atoms with E-state index in [9.17, 15) is 19.7 Å². The number of fused-ring (bicyclic) bond motifs is 1. The van der Waals surface area contributed by atoms with Gasteiger partial charge in [0.05, 0.1) is 16.7 Å². The first-order chi connectivity index (χ1) is 16.0. The molecule has 1 aliphatic rings. The molecule has 0 saturated heterocycles. The first-order valence-electron chi connectivity index (χ1n) is 9.78. The number of amides is 1. The largest absolute Gasteiger partial charge is 0.485 e. The van der Waals surface area contributed by atoms with Gasteiger partial charge in [0.15, 0.2) is 11.5 Å². The molecule has 10 nitrogen and oxygen atoms in total. The third-order valence-electron chi connectivity index (χ3n) is 4.57. The van der Waals surface area contributed by atoms with Gasteiger partial charge in [-0.1, -0.05) is 18.2 Å². The fourth-order valence-corrected chi connectivity index (χ4v) is 2.93. The van der Waals surface area contributed by atoms with Crippen LogP contribution in [0.3, 0.4) is 0 Å². The number of para-hydroxylation sites is 2. The molecule has 1 atom stereocenters. The Kier molecular flexibility index (Phi) is 6.26. The van der Waals surface area contributed by atoms with Crippen LogP contribution in [0.4, 0.5) is 5.69 Å². The van der Waals surface area contributed by atoms with Crippen LogP contribution in [0.1, 0.15) is 15.9 Å². The first-order valence-corrected chi connectivity index (χ1v) is 9.78. The Labute approximate surface area is 187 Å². The van der Waals surface area contributed by atoms with Crippen LogP contribution in [0.15, 0.2) is 77.9 Å². The third-order valence-corrected chi connectivity index (χ3v) is 4.57. The lowest BCUT2D eigenvalue weighted by Gasteiger charge is -2.24. The minimum atomic E-state index is -0.826. The molecule has 0 aromatic heterocycles. The molecule has 1 aliphatic heterocycles. The van der Waals surface area contributed by atoms with Gasteiger partial charge >= 0.3 is 5.97 Å². The van der Waals surface area contributed by atoms with E-state index in [2.05, 4.69) is 10.5 Å². The van der Waals surface area contributed by atoms with Crippen molar-refractivity contribution in [1.82, 2.24) is 5.43 Å². The van der Waals surface area contributed by atoms with E-state index in [4.69, 9.17) is 14.2 Å². The quantitative estimate of drug-likeness (QED) is 0.202. The van der Waals surface area contributed by atoms with Crippen LogP contribution in [0, 0.1) is 10.1 Å². The second kappa shape index (κ2) is 9.60. The molecule has 3 aromatic carbocycles. The number of esters is 1. The Balaban J connectivity index is 1.30. The van der Waals surface area contributed by atoms with Gasteiger partial charge in [0.1, 0.15) is 12.4 Å². The molecule has 0 spiro atoms. The number of carbonyl (C=O) groups excluding carboxylic acids is 2. The van der Waals surface area contributed by atoms with Crippen molar-refractivity contribution in [3.05, 3.63) is 94.0 Å². The maximum Gasteiger partial charge on any atom is 0.343 e. The van der Waals surface area contributed by atoms with Crippen molar-refractivity contribution in [2.75, 3.05) is 6.61 Å². The van der Waals surface area contributed by atoms with Crippen molar-refractivity contribution in [2.24, 2.45) is 5.10 Å². The average molecular weight is 447 g/mol. The molecule has 33 heavy (non-hydrogen) atoms. The van der Waals surface area contributed by atoms with Gasteiger partial charge in [0, 0.05) is 12.1 Å². The monoisotopic (exact) mass is 447 g/mol. The van der Waals surface area contributed by atoms with Crippen LogP contribution >= 0.6 is 0 Å². The molecule has 3 aromatic rings. The van der Waals surface area contributed by atoms with Crippen LogP contribution in [0.5, 0.6) is 17.2 Å². The lowest BCUT2D eigenvalue weighted by molar-refractivity contribution is -0.384. The Hall–Kier alpha value is -4.73. The number of hydrogen-bond acceptors (Lipinski definition) is 8. The zero-order chi connectivity index (χ0) is 23.2. The molecule has 166 valence electrons. The second-order valence-electron chi connectivity index (χ2n) is 6.86. The van der Waals surface area contributed by atoms with Gasteiger partial charge in [0.2, 0.25) is 6.10 Å². The van der Waals surface area contributed by atoms with Crippen LogP contribution in [0.2, 0.25) is 0 Å². The maximum atomic E-state index is 12.2. The molecule has 0 bridgehead atoms. The van der Waals surface area contributed by atoms with Gasteiger partial charge < -0.3 is 14.2 Å². The number of hydrogen-bond donors (Lipinski definition) is 1. The lowest BCUT2D eigenvalue weighted by atomic mass is 10.2. The Bertz CT molecular complexity index is 1220. The standard InChI is InChI=1S/C23H17N3O7/c27-22(21-14-31-19-6-1-2-7-20(19)33-21)25-24-13-15-8-10-18(11-9-15)32-23(28)16-4-3-5-17(12-16)26(29)30/h1-13,21H,14H2,(H,25,27). The molecular formula is C23H17N3O7. The summed E-state index contributed by atoms with van der Waals surface area (Å²) in [6, 6.07) is 18.7. The number of hydrazone groups is 1. The highest BCUT2D eigenvalue weighted by Crippen LogP contribution is 2.30. The van der Waals surface area contributed by atoms with Gasteiger partial charge in [-0.15, -0.1) is 0 Å². The molecule has 1 unspecified atom stereocenters. The van der Waals surface area contributed by atoms with E-state index in [0.29, 0.717) is 17.1 Å². The van der Waals surface area contributed by atoms with Crippen LogP contribution in [0.25, 0.3) is 0 Å². The van der Waals surface area contributed by atoms with Crippen molar-refractivity contribution >= 4 is 23.8 Å². The van der Waals surface area contributed by atoms with E-state index in [1.54, 1.807) is 30.3 Å². The Morgan fingerprint density at radius 2 is 1.82 bits per heavy atom. The highest BCUT2D eigenvalue weighted by atomic mass is 16.6. The second-order valence-corrected chi connectivity index (χ2v) is 6.86. The number of non-ortho nitro benzene ring substituents is 1. The van der Waals surface area contributed by atoms with Crippen molar-refractivity contribution < 1.29 is 28.7 Å². The summed E-state index contributed by atoms with van der Waals surface area (Å²) < 4.78 is 16.3. The van der Waals surface area contributed by atoms with E-state index < -0.39 is 22.9 Å². The van der Waals surface area contributed by atoms with Crippen LogP contribution < -0.4 is 19.6 Å². The summed E-state index contributed by atoms with van der Waals surface area (Å²) in [6.07, 6.45) is 0.592. The predicted octanol–water partition coefficient (Wildman–Crippen LogP) is 3.10. The summed E-state index contributed by atoms with van der Waals surface area (Å²) in [5.74, 6) is 0.144. The molecule has 1 amide bonds. The zero-order valence-corrected chi connectivity index (χ0v) is 17.0. The summed E-state index contributed by atoms with van der Waals surface area (Å²) in [7, 11) is 0. The Morgan fingerprint density at radius 1 is 1.06 bits per heavy atom. The highest BCUT2D eigenvalue weighted by Gasteiger charge is 2.27. The van der Waals surface area contributed by atoms with E-state index in [1.165, 1.54) is 36.5 Å². The van der Waals surface area contributed by atoms with Crippen molar-refractivity contribution in [3.8, 4) is 17.2 Å². The van der Waals surface area contributed by atoms with Gasteiger partial charge in [-0.3, -0.25) is 14.9 Å². The fraction of sp³-hybridized carbons (Fsp3) is 0.0870. The molecular weight excluding hydrogens is 430 g/mol. The molecule has 10 heteroatoms. The molecule has 0 saturated carbocycles. The Morgan fingerprint density at radius 3 is 2.58 bits per heavy atom. The SMILES string of the molecule is O=C(Oc1ccc(C=NNC(=O)C2COc3ccccc3O2)cc1)c1cccc([N+](=O)[O-])c1. The number of nitro groups is 1. The minimum absolute atomic E-state index is 0.0640. The number of nitro benzene ring substituents is 1.